The van der Waals surface area contributed by atoms with E-state index in [2.05, 4.69) is 0 Å². The summed E-state index contributed by atoms with van der Waals surface area (Å²) in [5.74, 6) is -0.892. The van der Waals surface area contributed by atoms with Crippen LogP contribution in [-0.2, 0) is 15.1 Å². The third kappa shape index (κ3) is 2.66. The summed E-state index contributed by atoms with van der Waals surface area (Å²) < 4.78 is 12.1. The van der Waals surface area contributed by atoms with Crippen molar-refractivity contribution < 1.29 is 14.3 Å². The highest BCUT2D eigenvalue weighted by molar-refractivity contribution is 6.06. The van der Waals surface area contributed by atoms with E-state index in [1.165, 1.54) is 0 Å². The van der Waals surface area contributed by atoms with Gasteiger partial charge in [-0.25, -0.2) is 0 Å². The van der Waals surface area contributed by atoms with Crippen LogP contribution in [0.2, 0.25) is 0 Å². The molecule has 126 valence electrons. The van der Waals surface area contributed by atoms with Gasteiger partial charge in [-0.05, 0) is 24.6 Å². The van der Waals surface area contributed by atoms with E-state index in [1.54, 1.807) is 0 Å². The fraction of sp³-hybridized carbons (Fsp3) is 0.227. The summed E-state index contributed by atoms with van der Waals surface area (Å²) in [6, 6.07) is 23.3. The lowest BCUT2D eigenvalue weighted by atomic mass is 9.83. The van der Waals surface area contributed by atoms with Crippen LogP contribution < -0.4 is 0 Å². The van der Waals surface area contributed by atoms with Gasteiger partial charge in [0, 0.05) is 11.1 Å². The topological polar surface area (TPSA) is 35.5 Å². The van der Waals surface area contributed by atoms with Crippen LogP contribution >= 0.6 is 0 Å². The van der Waals surface area contributed by atoms with Crippen molar-refractivity contribution in [1.29, 1.82) is 0 Å². The standard InChI is InChI=1S/C22H20O3/c1-21(2)24-15-22(25-21,20(23)17-10-4-3-5-11-17)19-14-8-12-16-9-6-7-13-18(16)19/h3-14H,15H2,1-2H3. The van der Waals surface area contributed by atoms with Crippen LogP contribution in [0.25, 0.3) is 10.8 Å². The van der Waals surface area contributed by atoms with E-state index in [4.69, 9.17) is 9.47 Å². The minimum Gasteiger partial charge on any atom is -0.347 e. The molecular formula is C22H20O3. The largest absolute Gasteiger partial charge is 0.347 e. The summed E-state index contributed by atoms with van der Waals surface area (Å²) in [6.07, 6.45) is 0. The van der Waals surface area contributed by atoms with Crippen LogP contribution in [-0.4, -0.2) is 18.2 Å². The molecule has 1 aliphatic heterocycles. The van der Waals surface area contributed by atoms with E-state index in [1.807, 2.05) is 86.6 Å². The van der Waals surface area contributed by atoms with E-state index in [0.717, 1.165) is 16.3 Å². The molecular weight excluding hydrogens is 312 g/mol. The van der Waals surface area contributed by atoms with Gasteiger partial charge in [0.25, 0.3) is 0 Å². The van der Waals surface area contributed by atoms with Crippen molar-refractivity contribution in [2.24, 2.45) is 0 Å². The first-order valence-corrected chi connectivity index (χ1v) is 8.44. The molecule has 0 amide bonds. The molecule has 1 fully saturated rings. The molecule has 1 saturated heterocycles. The normalized spacial score (nSPS) is 22.2. The second-order valence-corrected chi connectivity index (χ2v) is 6.84. The fourth-order valence-electron chi connectivity index (χ4n) is 3.52. The van der Waals surface area contributed by atoms with Gasteiger partial charge in [-0.15, -0.1) is 0 Å². The predicted molar refractivity (Wildman–Crippen MR) is 97.5 cm³/mol. The molecule has 3 nitrogen and oxygen atoms in total. The van der Waals surface area contributed by atoms with Gasteiger partial charge < -0.3 is 9.47 Å². The van der Waals surface area contributed by atoms with Crippen LogP contribution in [0.4, 0.5) is 0 Å². The molecule has 1 atom stereocenters. The van der Waals surface area contributed by atoms with Gasteiger partial charge in [-0.2, -0.15) is 0 Å². The van der Waals surface area contributed by atoms with Crippen molar-refractivity contribution >= 4 is 16.6 Å². The zero-order valence-corrected chi connectivity index (χ0v) is 14.4. The van der Waals surface area contributed by atoms with Gasteiger partial charge in [0.05, 0.1) is 6.61 Å². The second kappa shape index (κ2) is 5.80. The van der Waals surface area contributed by atoms with Gasteiger partial charge >= 0.3 is 0 Å². The molecule has 0 radical (unpaired) electrons. The molecule has 3 aromatic carbocycles. The third-order valence-corrected chi connectivity index (χ3v) is 4.67. The highest BCUT2D eigenvalue weighted by Crippen LogP contribution is 2.43. The highest BCUT2D eigenvalue weighted by atomic mass is 16.8. The Morgan fingerprint density at radius 1 is 0.880 bits per heavy atom. The summed E-state index contributed by atoms with van der Waals surface area (Å²) in [4.78, 5) is 13.5. The number of ketones is 1. The Labute approximate surface area is 147 Å². The van der Waals surface area contributed by atoms with Crippen molar-refractivity contribution in [2.45, 2.75) is 25.2 Å². The molecule has 0 aliphatic carbocycles. The van der Waals surface area contributed by atoms with Gasteiger partial charge in [0.1, 0.15) is 0 Å². The summed E-state index contributed by atoms with van der Waals surface area (Å²) >= 11 is 0. The number of carbonyl (C=O) groups is 1. The number of hydrogen-bond acceptors (Lipinski definition) is 3. The predicted octanol–water partition coefficient (Wildman–Crippen LogP) is 4.70. The quantitative estimate of drug-likeness (QED) is 0.652. The number of fused-ring (bicyclic) bond motifs is 1. The van der Waals surface area contributed by atoms with Crippen LogP contribution in [0.15, 0.2) is 72.8 Å². The molecule has 0 bridgehead atoms. The van der Waals surface area contributed by atoms with Gasteiger partial charge in [-0.1, -0.05) is 72.8 Å². The number of carbonyl (C=O) groups excluding carboxylic acids is 1. The van der Waals surface area contributed by atoms with Crippen molar-refractivity contribution in [3.05, 3.63) is 83.9 Å². The third-order valence-electron chi connectivity index (χ3n) is 4.67. The zero-order valence-electron chi connectivity index (χ0n) is 14.4. The lowest BCUT2D eigenvalue weighted by molar-refractivity contribution is -0.153. The Morgan fingerprint density at radius 2 is 1.56 bits per heavy atom. The van der Waals surface area contributed by atoms with Crippen molar-refractivity contribution in [3.63, 3.8) is 0 Å². The lowest BCUT2D eigenvalue weighted by Gasteiger charge is -2.29. The van der Waals surface area contributed by atoms with E-state index in [9.17, 15) is 4.79 Å². The summed E-state index contributed by atoms with van der Waals surface area (Å²) in [5.41, 5.74) is 0.327. The first-order valence-electron chi connectivity index (χ1n) is 8.44. The smallest absolute Gasteiger partial charge is 0.201 e. The number of ether oxygens (including phenoxy) is 2. The molecule has 1 aliphatic rings. The monoisotopic (exact) mass is 332 g/mol. The van der Waals surface area contributed by atoms with Gasteiger partial charge in [0.2, 0.25) is 5.78 Å². The molecule has 0 aromatic heterocycles. The minimum absolute atomic E-state index is 0.0740. The Bertz CT molecular complexity index is 925. The maximum absolute atomic E-state index is 13.5. The van der Waals surface area contributed by atoms with E-state index in [0.29, 0.717) is 5.56 Å². The van der Waals surface area contributed by atoms with E-state index in [-0.39, 0.29) is 12.4 Å². The Hall–Kier alpha value is -2.49. The maximum atomic E-state index is 13.5. The Kier molecular flexibility index (Phi) is 3.71. The molecule has 0 saturated carbocycles. The molecule has 3 aromatic rings. The van der Waals surface area contributed by atoms with Crippen molar-refractivity contribution in [3.8, 4) is 0 Å². The zero-order chi connectivity index (χ0) is 17.5. The molecule has 0 N–H and O–H groups in total. The number of benzene rings is 3. The second-order valence-electron chi connectivity index (χ2n) is 6.84. The molecule has 3 heteroatoms. The van der Waals surface area contributed by atoms with E-state index < -0.39 is 11.4 Å². The molecule has 0 spiro atoms. The van der Waals surface area contributed by atoms with Gasteiger partial charge in [-0.3, -0.25) is 4.79 Å². The van der Waals surface area contributed by atoms with Crippen LogP contribution in [0.1, 0.15) is 29.8 Å². The van der Waals surface area contributed by atoms with Crippen molar-refractivity contribution in [2.75, 3.05) is 6.61 Å². The number of hydrogen-bond donors (Lipinski definition) is 0. The highest BCUT2D eigenvalue weighted by Gasteiger charge is 2.52. The fourth-order valence-corrected chi connectivity index (χ4v) is 3.52. The van der Waals surface area contributed by atoms with Crippen LogP contribution in [0, 0.1) is 0 Å². The number of rotatable bonds is 3. The van der Waals surface area contributed by atoms with Gasteiger partial charge in [0.15, 0.2) is 11.4 Å². The maximum Gasteiger partial charge on any atom is 0.201 e. The lowest BCUT2D eigenvalue weighted by Crippen LogP contribution is -2.40. The first-order chi connectivity index (χ1) is 12.0. The summed E-state index contributed by atoms with van der Waals surface area (Å²) in [6.45, 7) is 3.89. The van der Waals surface area contributed by atoms with Crippen molar-refractivity contribution in [1.82, 2.24) is 0 Å². The molecule has 4 rings (SSSR count). The molecule has 25 heavy (non-hydrogen) atoms. The SMILES string of the molecule is CC1(C)OCC(C(=O)c2ccccc2)(c2cccc3ccccc23)O1. The molecule has 1 unspecified atom stereocenters. The minimum atomic E-state index is -1.15. The average molecular weight is 332 g/mol. The van der Waals surface area contributed by atoms with Crippen LogP contribution in [0.3, 0.4) is 0 Å². The Morgan fingerprint density at radius 3 is 2.28 bits per heavy atom. The van der Waals surface area contributed by atoms with Crippen LogP contribution in [0.5, 0.6) is 0 Å². The summed E-state index contributed by atoms with van der Waals surface area (Å²) in [7, 11) is 0. The van der Waals surface area contributed by atoms with E-state index >= 15 is 0 Å². The molecule has 1 heterocycles. The number of Topliss-reactive ketones (excluding diaryl/α,β-unsaturated/α-hetero) is 1. The first kappa shape index (κ1) is 16.0. The average Bonchev–Trinajstić information content (AvgIpc) is 2.98. The Balaban J connectivity index is 1.94. The summed E-state index contributed by atoms with van der Waals surface area (Å²) in [5, 5.41) is 2.09.